The fraction of sp³-hybridized carbons (Fsp3) is 0.647. The molecule has 0 N–H and O–H groups in total. The molecule has 0 spiro atoms. The molecule has 11 heteroatoms. The molecule has 1 heterocycles. The summed E-state index contributed by atoms with van der Waals surface area (Å²) in [6, 6.07) is 3.79. The van der Waals surface area contributed by atoms with Crippen LogP contribution in [0.1, 0.15) is 41.5 Å². The second-order valence-corrected chi connectivity index (χ2v) is 9.19. The molecule has 0 saturated carbocycles. The van der Waals surface area contributed by atoms with Crippen LogP contribution in [0.3, 0.4) is 0 Å². The number of hydrogen-bond donors (Lipinski definition) is 0. The minimum Gasteiger partial charge on any atom is -0.405 e. The van der Waals surface area contributed by atoms with Gasteiger partial charge in [0, 0.05) is 0 Å². The molecule has 28 heavy (non-hydrogen) atoms. The third-order valence-corrected chi connectivity index (χ3v) is 6.78. The lowest BCUT2D eigenvalue weighted by atomic mass is 9.79. The maximum atomic E-state index is 13.0. The maximum Gasteiger partial charge on any atom is 0.573 e. The molecule has 0 amide bonds. The summed E-state index contributed by atoms with van der Waals surface area (Å²) >= 11 is 0. The van der Waals surface area contributed by atoms with E-state index in [1.807, 2.05) is 27.7 Å². The van der Waals surface area contributed by atoms with Gasteiger partial charge in [0.25, 0.3) is 0 Å². The smallest absolute Gasteiger partial charge is 0.405 e. The highest BCUT2D eigenvalue weighted by Crippen LogP contribution is 2.49. The molecule has 0 aliphatic carbocycles. The SMILES string of the molecule is CCOP(=O)(OCC)c1ccc(B2OC(C)(C)C(C)(C)O2)cc1OC(F)(F)F. The zero-order chi connectivity index (χ0) is 21.4. The molecule has 1 saturated heterocycles. The first-order valence-corrected chi connectivity index (χ1v) is 10.4. The summed E-state index contributed by atoms with van der Waals surface area (Å²) in [5.41, 5.74) is -1.05. The molecular formula is C17H25BF3O6P. The Labute approximate surface area is 163 Å². The van der Waals surface area contributed by atoms with Gasteiger partial charge in [-0.3, -0.25) is 4.57 Å². The van der Waals surface area contributed by atoms with Crippen LogP contribution in [0.5, 0.6) is 5.75 Å². The van der Waals surface area contributed by atoms with Gasteiger partial charge in [-0.2, -0.15) is 0 Å². The van der Waals surface area contributed by atoms with E-state index in [0.717, 1.165) is 6.07 Å². The van der Waals surface area contributed by atoms with Crippen molar-refractivity contribution in [1.82, 2.24) is 0 Å². The first-order valence-electron chi connectivity index (χ1n) is 8.89. The van der Waals surface area contributed by atoms with Gasteiger partial charge < -0.3 is 23.1 Å². The average Bonchev–Trinajstić information content (AvgIpc) is 2.74. The van der Waals surface area contributed by atoms with Crippen molar-refractivity contribution in [2.24, 2.45) is 0 Å². The second-order valence-electron chi connectivity index (χ2n) is 7.20. The molecule has 6 nitrogen and oxygen atoms in total. The van der Waals surface area contributed by atoms with E-state index in [1.165, 1.54) is 12.1 Å². The number of benzene rings is 1. The summed E-state index contributed by atoms with van der Waals surface area (Å²) in [5.74, 6) is -0.676. The van der Waals surface area contributed by atoms with E-state index < -0.39 is 38.0 Å². The van der Waals surface area contributed by atoms with E-state index in [9.17, 15) is 17.7 Å². The number of rotatable bonds is 7. The minimum atomic E-state index is -4.99. The zero-order valence-electron chi connectivity index (χ0n) is 16.8. The molecule has 0 aromatic heterocycles. The first-order chi connectivity index (χ1) is 12.7. The Morgan fingerprint density at radius 1 is 1.04 bits per heavy atom. The Bertz CT molecular complexity index is 727. The summed E-state index contributed by atoms with van der Waals surface area (Å²) in [5, 5.41) is -0.311. The lowest BCUT2D eigenvalue weighted by molar-refractivity contribution is -0.274. The van der Waals surface area contributed by atoms with Crippen molar-refractivity contribution in [3.63, 3.8) is 0 Å². The molecule has 0 atom stereocenters. The summed E-state index contributed by atoms with van der Waals surface area (Å²) < 4.78 is 78.1. The van der Waals surface area contributed by atoms with Crippen molar-refractivity contribution in [1.29, 1.82) is 0 Å². The van der Waals surface area contributed by atoms with E-state index in [1.54, 1.807) is 13.8 Å². The van der Waals surface area contributed by atoms with Gasteiger partial charge in [-0.05, 0) is 59.1 Å². The van der Waals surface area contributed by atoms with Crippen molar-refractivity contribution in [3.05, 3.63) is 18.2 Å². The Morgan fingerprint density at radius 3 is 1.96 bits per heavy atom. The van der Waals surface area contributed by atoms with Crippen molar-refractivity contribution in [2.75, 3.05) is 13.2 Å². The molecule has 1 aromatic carbocycles. The molecule has 1 aromatic rings. The third kappa shape index (κ3) is 4.91. The zero-order valence-corrected chi connectivity index (χ0v) is 17.6. The Morgan fingerprint density at radius 2 is 1.54 bits per heavy atom. The van der Waals surface area contributed by atoms with Gasteiger partial charge in [0.15, 0.2) is 0 Å². The summed E-state index contributed by atoms with van der Waals surface area (Å²) in [4.78, 5) is 0. The van der Waals surface area contributed by atoms with Crippen LogP contribution in [0.4, 0.5) is 13.2 Å². The van der Waals surface area contributed by atoms with Gasteiger partial charge in [0.2, 0.25) is 0 Å². The summed E-state index contributed by atoms with van der Waals surface area (Å²) in [6.45, 7) is 10.4. The van der Waals surface area contributed by atoms with E-state index in [-0.39, 0.29) is 18.5 Å². The van der Waals surface area contributed by atoms with Gasteiger partial charge in [-0.1, -0.05) is 6.07 Å². The van der Waals surface area contributed by atoms with Crippen molar-refractivity contribution in [3.8, 4) is 5.75 Å². The number of alkyl halides is 3. The van der Waals surface area contributed by atoms with Crippen LogP contribution in [0, 0.1) is 0 Å². The molecular weight excluding hydrogens is 399 g/mol. The van der Waals surface area contributed by atoms with Crippen LogP contribution in [-0.4, -0.2) is 37.9 Å². The lowest BCUT2D eigenvalue weighted by Crippen LogP contribution is -2.41. The topological polar surface area (TPSA) is 63.2 Å². The van der Waals surface area contributed by atoms with Gasteiger partial charge >= 0.3 is 21.1 Å². The van der Waals surface area contributed by atoms with Crippen molar-refractivity contribution < 1.29 is 40.8 Å². The monoisotopic (exact) mass is 424 g/mol. The standard InChI is InChI=1S/C17H25BF3O6P/c1-7-23-28(22,24-8-2)14-10-9-12(11-13(14)25-17(19,20)21)18-26-15(3,4)16(5,6)27-18/h9-11H,7-8H2,1-6H3. The van der Waals surface area contributed by atoms with E-state index in [2.05, 4.69) is 4.74 Å². The van der Waals surface area contributed by atoms with Crippen molar-refractivity contribution >= 4 is 25.5 Å². The Hall–Kier alpha value is -1.06. The van der Waals surface area contributed by atoms with Gasteiger partial charge in [0.1, 0.15) is 11.1 Å². The number of hydrogen-bond acceptors (Lipinski definition) is 6. The largest absolute Gasteiger partial charge is 0.573 e. The normalized spacial score (nSPS) is 19.1. The molecule has 1 aliphatic heterocycles. The Balaban J connectivity index is 2.51. The van der Waals surface area contributed by atoms with Crippen molar-refractivity contribution in [2.45, 2.75) is 59.1 Å². The lowest BCUT2D eigenvalue weighted by Gasteiger charge is -2.32. The predicted octanol–water partition coefficient (Wildman–Crippen LogP) is 3.78. The molecule has 0 unspecified atom stereocenters. The average molecular weight is 424 g/mol. The van der Waals surface area contributed by atoms with Crippen LogP contribution in [0.25, 0.3) is 0 Å². The van der Waals surface area contributed by atoms with Crippen LogP contribution < -0.4 is 15.5 Å². The Kier molecular flexibility index (Phi) is 6.63. The second kappa shape index (κ2) is 7.99. The molecule has 1 fully saturated rings. The van der Waals surface area contributed by atoms with Crippen LogP contribution in [0.15, 0.2) is 18.2 Å². The fourth-order valence-corrected chi connectivity index (χ4v) is 4.28. The quantitative estimate of drug-likeness (QED) is 0.491. The van der Waals surface area contributed by atoms with Crippen LogP contribution in [-0.2, 0) is 22.9 Å². The number of ether oxygens (including phenoxy) is 1. The van der Waals surface area contributed by atoms with Crippen LogP contribution in [0.2, 0.25) is 0 Å². The van der Waals surface area contributed by atoms with Gasteiger partial charge in [0.05, 0.1) is 24.4 Å². The highest BCUT2D eigenvalue weighted by atomic mass is 31.2. The molecule has 1 aliphatic rings. The van der Waals surface area contributed by atoms with Gasteiger partial charge in [-0.25, -0.2) is 0 Å². The fourth-order valence-electron chi connectivity index (χ4n) is 2.61. The van der Waals surface area contributed by atoms with E-state index in [4.69, 9.17) is 18.4 Å². The molecule has 0 radical (unpaired) electrons. The first kappa shape index (κ1) is 23.2. The molecule has 158 valence electrons. The minimum absolute atomic E-state index is 0.0122. The summed E-state index contributed by atoms with van der Waals surface area (Å²) in [7, 11) is -4.91. The molecule has 0 bridgehead atoms. The predicted molar refractivity (Wildman–Crippen MR) is 99.3 cm³/mol. The highest BCUT2D eigenvalue weighted by molar-refractivity contribution is 7.62. The van der Waals surface area contributed by atoms with Crippen LogP contribution >= 0.6 is 7.60 Å². The summed E-state index contributed by atoms with van der Waals surface area (Å²) in [6.07, 6.45) is -4.99. The third-order valence-electron chi connectivity index (χ3n) is 4.63. The molecule has 2 rings (SSSR count). The number of halogens is 3. The maximum absolute atomic E-state index is 13.0. The van der Waals surface area contributed by atoms with Gasteiger partial charge in [-0.15, -0.1) is 13.2 Å². The highest BCUT2D eigenvalue weighted by Gasteiger charge is 2.52. The van der Waals surface area contributed by atoms with E-state index >= 15 is 0 Å². The van der Waals surface area contributed by atoms with E-state index in [0.29, 0.717) is 5.46 Å².